The van der Waals surface area contributed by atoms with E-state index < -0.39 is 0 Å². The van der Waals surface area contributed by atoms with Crippen molar-refractivity contribution in [1.29, 1.82) is 0 Å². The molecule has 1 saturated heterocycles. The van der Waals surface area contributed by atoms with Crippen LogP contribution in [-0.2, 0) is 9.59 Å². The van der Waals surface area contributed by atoms with Crippen molar-refractivity contribution in [2.24, 2.45) is 5.92 Å². The van der Waals surface area contributed by atoms with E-state index in [0.29, 0.717) is 22.4 Å². The third-order valence-electron chi connectivity index (χ3n) is 4.24. The van der Waals surface area contributed by atoms with Gasteiger partial charge in [0.2, 0.25) is 11.8 Å². The number of likely N-dealkylation sites (tertiary alicyclic amines) is 1. The van der Waals surface area contributed by atoms with Crippen molar-refractivity contribution in [2.75, 3.05) is 31.6 Å². The van der Waals surface area contributed by atoms with Crippen LogP contribution in [0.25, 0.3) is 0 Å². The fourth-order valence-corrected chi connectivity index (χ4v) is 2.90. The summed E-state index contributed by atoms with van der Waals surface area (Å²) in [6, 6.07) is 5.03. The fraction of sp³-hybridized carbons (Fsp3) is 0.529. The van der Waals surface area contributed by atoms with Crippen molar-refractivity contribution in [2.45, 2.75) is 26.7 Å². The molecule has 0 N–H and O–H groups in total. The third kappa shape index (κ3) is 4.38. The summed E-state index contributed by atoms with van der Waals surface area (Å²) in [6.45, 7) is 5.13. The second kappa shape index (κ2) is 7.68. The number of anilines is 1. The number of halogens is 1. The highest BCUT2D eigenvalue weighted by atomic mass is 35.5. The minimum atomic E-state index is -0.218. The molecule has 1 aliphatic heterocycles. The largest absolute Gasteiger partial charge is 0.495 e. The normalized spacial score (nSPS) is 15.4. The van der Waals surface area contributed by atoms with Gasteiger partial charge in [0.05, 0.1) is 12.8 Å². The van der Waals surface area contributed by atoms with Gasteiger partial charge >= 0.3 is 0 Å². The Morgan fingerprint density at radius 3 is 2.57 bits per heavy atom. The summed E-state index contributed by atoms with van der Waals surface area (Å²) in [7, 11) is 1.53. The van der Waals surface area contributed by atoms with E-state index in [9.17, 15) is 9.59 Å². The van der Waals surface area contributed by atoms with Crippen LogP contribution in [0.5, 0.6) is 5.75 Å². The highest BCUT2D eigenvalue weighted by molar-refractivity contribution is 6.31. The predicted molar refractivity (Wildman–Crippen MR) is 91.0 cm³/mol. The summed E-state index contributed by atoms with van der Waals surface area (Å²) in [4.78, 5) is 27.8. The molecule has 0 aromatic heterocycles. The fourth-order valence-electron chi connectivity index (χ4n) is 2.73. The van der Waals surface area contributed by atoms with Crippen LogP contribution < -0.4 is 9.64 Å². The number of carbonyl (C=O) groups excluding carboxylic acids is 2. The smallest absolute Gasteiger partial charge is 0.242 e. The minimum Gasteiger partial charge on any atom is -0.495 e. The molecule has 0 bridgehead atoms. The van der Waals surface area contributed by atoms with Gasteiger partial charge in [0.1, 0.15) is 12.3 Å². The van der Waals surface area contributed by atoms with Crippen molar-refractivity contribution >= 4 is 29.1 Å². The van der Waals surface area contributed by atoms with Gasteiger partial charge in [-0.15, -0.1) is 0 Å². The lowest BCUT2D eigenvalue weighted by atomic mass is 9.99. The SMILES string of the molecule is COc1ccc(Cl)cc1N(CC(=O)N1CCC(C)CC1)C(C)=O. The van der Waals surface area contributed by atoms with Gasteiger partial charge < -0.3 is 9.64 Å². The number of benzene rings is 1. The Balaban J connectivity index is 2.18. The first-order chi connectivity index (χ1) is 10.9. The third-order valence-corrected chi connectivity index (χ3v) is 4.48. The van der Waals surface area contributed by atoms with Gasteiger partial charge in [-0.1, -0.05) is 18.5 Å². The molecule has 5 nitrogen and oxygen atoms in total. The van der Waals surface area contributed by atoms with E-state index >= 15 is 0 Å². The summed E-state index contributed by atoms with van der Waals surface area (Å²) in [5.41, 5.74) is 0.520. The summed E-state index contributed by atoms with van der Waals surface area (Å²) < 4.78 is 5.30. The summed E-state index contributed by atoms with van der Waals surface area (Å²) in [5, 5.41) is 0.492. The Bertz CT molecular complexity index is 583. The first kappa shape index (κ1) is 17.6. The summed E-state index contributed by atoms with van der Waals surface area (Å²) in [5.74, 6) is 0.902. The molecule has 2 rings (SSSR count). The number of ether oxygens (including phenoxy) is 1. The summed E-state index contributed by atoms with van der Waals surface area (Å²) >= 11 is 6.03. The van der Waals surface area contributed by atoms with Crippen LogP contribution in [0, 0.1) is 5.92 Å². The van der Waals surface area contributed by atoms with E-state index in [4.69, 9.17) is 16.3 Å². The molecule has 23 heavy (non-hydrogen) atoms. The van der Waals surface area contributed by atoms with Crippen molar-refractivity contribution < 1.29 is 14.3 Å². The Hall–Kier alpha value is -1.75. The molecule has 1 aromatic carbocycles. The Morgan fingerprint density at radius 1 is 1.35 bits per heavy atom. The van der Waals surface area contributed by atoms with Gasteiger partial charge in [-0.25, -0.2) is 0 Å². The van der Waals surface area contributed by atoms with Gasteiger partial charge in [-0.3, -0.25) is 14.5 Å². The van der Waals surface area contributed by atoms with E-state index in [0.717, 1.165) is 25.9 Å². The van der Waals surface area contributed by atoms with Crippen LogP contribution in [0.4, 0.5) is 5.69 Å². The quantitative estimate of drug-likeness (QED) is 0.848. The molecule has 1 aliphatic rings. The number of hydrogen-bond donors (Lipinski definition) is 0. The zero-order chi connectivity index (χ0) is 17.0. The standard InChI is InChI=1S/C17H23ClN2O3/c1-12-6-8-19(9-7-12)17(22)11-20(13(2)21)15-10-14(18)4-5-16(15)23-3/h4-5,10,12H,6-9,11H2,1-3H3. The van der Waals surface area contributed by atoms with E-state index in [1.165, 1.54) is 18.9 Å². The molecular weight excluding hydrogens is 316 g/mol. The monoisotopic (exact) mass is 338 g/mol. The second-order valence-electron chi connectivity index (χ2n) is 5.98. The summed E-state index contributed by atoms with van der Waals surface area (Å²) in [6.07, 6.45) is 2.01. The van der Waals surface area contributed by atoms with Crippen LogP contribution >= 0.6 is 11.6 Å². The predicted octanol–water partition coefficient (Wildman–Crippen LogP) is 2.96. The van der Waals surface area contributed by atoms with E-state index in [1.807, 2.05) is 4.90 Å². The highest BCUT2D eigenvalue weighted by Gasteiger charge is 2.25. The lowest BCUT2D eigenvalue weighted by molar-refractivity contribution is -0.132. The minimum absolute atomic E-state index is 0.000413. The van der Waals surface area contributed by atoms with Crippen molar-refractivity contribution in [3.05, 3.63) is 23.2 Å². The number of carbonyl (C=O) groups is 2. The second-order valence-corrected chi connectivity index (χ2v) is 6.42. The molecule has 126 valence electrons. The molecule has 0 radical (unpaired) electrons. The van der Waals surface area contributed by atoms with E-state index in [1.54, 1.807) is 18.2 Å². The Labute approximate surface area is 142 Å². The van der Waals surface area contributed by atoms with Crippen LogP contribution in [0.3, 0.4) is 0 Å². The van der Waals surface area contributed by atoms with Gasteiger partial charge in [0.25, 0.3) is 0 Å². The number of amides is 2. The average Bonchev–Trinajstić information content (AvgIpc) is 2.52. The first-order valence-corrected chi connectivity index (χ1v) is 8.19. The maximum Gasteiger partial charge on any atom is 0.242 e. The average molecular weight is 339 g/mol. The van der Waals surface area contributed by atoms with Crippen molar-refractivity contribution in [1.82, 2.24) is 4.90 Å². The van der Waals surface area contributed by atoms with Gasteiger partial charge in [-0.05, 0) is 37.0 Å². The zero-order valence-corrected chi connectivity index (χ0v) is 14.6. The molecule has 1 aromatic rings. The van der Waals surface area contributed by atoms with Crippen LogP contribution in [0.15, 0.2) is 18.2 Å². The van der Waals surface area contributed by atoms with E-state index in [2.05, 4.69) is 6.92 Å². The molecule has 1 fully saturated rings. The van der Waals surface area contributed by atoms with E-state index in [-0.39, 0.29) is 18.4 Å². The number of piperidine rings is 1. The molecule has 6 heteroatoms. The lowest BCUT2D eigenvalue weighted by Gasteiger charge is -2.32. The maximum atomic E-state index is 12.5. The van der Waals surface area contributed by atoms with Gasteiger partial charge in [-0.2, -0.15) is 0 Å². The van der Waals surface area contributed by atoms with Crippen molar-refractivity contribution in [3.63, 3.8) is 0 Å². The molecule has 0 spiro atoms. The number of nitrogens with zero attached hydrogens (tertiary/aromatic N) is 2. The molecule has 1 heterocycles. The van der Waals surface area contributed by atoms with Crippen LogP contribution in [0.2, 0.25) is 5.02 Å². The number of methoxy groups -OCH3 is 1. The van der Waals surface area contributed by atoms with Crippen molar-refractivity contribution in [3.8, 4) is 5.75 Å². The Morgan fingerprint density at radius 2 is 2.00 bits per heavy atom. The Kier molecular flexibility index (Phi) is 5.88. The van der Waals surface area contributed by atoms with Gasteiger partial charge in [0.15, 0.2) is 0 Å². The van der Waals surface area contributed by atoms with Gasteiger partial charge in [0, 0.05) is 25.0 Å². The molecular formula is C17H23ClN2O3. The highest BCUT2D eigenvalue weighted by Crippen LogP contribution is 2.31. The van der Waals surface area contributed by atoms with Crippen LogP contribution in [0.1, 0.15) is 26.7 Å². The molecule has 0 atom stereocenters. The molecule has 0 unspecified atom stereocenters. The zero-order valence-electron chi connectivity index (χ0n) is 13.8. The van der Waals surface area contributed by atoms with Crippen LogP contribution in [-0.4, -0.2) is 43.5 Å². The lowest BCUT2D eigenvalue weighted by Crippen LogP contribution is -2.45. The maximum absolute atomic E-state index is 12.5. The number of hydrogen-bond acceptors (Lipinski definition) is 3. The molecule has 0 saturated carbocycles. The topological polar surface area (TPSA) is 49.9 Å². The molecule has 0 aliphatic carbocycles. The first-order valence-electron chi connectivity index (χ1n) is 7.81. The number of rotatable bonds is 4. The molecule has 2 amide bonds.